The van der Waals surface area contributed by atoms with Crippen LogP contribution in [-0.4, -0.2) is 24.6 Å². The molecule has 0 radical (unpaired) electrons. The minimum absolute atomic E-state index is 0.720. The van der Waals surface area contributed by atoms with Gasteiger partial charge in [-0.3, -0.25) is 4.98 Å². The van der Waals surface area contributed by atoms with Crippen molar-refractivity contribution in [3.63, 3.8) is 0 Å². The molecule has 1 saturated heterocycles. The quantitative estimate of drug-likeness (QED) is 0.899. The zero-order valence-electron chi connectivity index (χ0n) is 12.0. The Morgan fingerprint density at radius 3 is 2.81 bits per heavy atom. The van der Waals surface area contributed by atoms with Crippen molar-refractivity contribution < 1.29 is 0 Å². The second-order valence-electron chi connectivity index (χ2n) is 5.53. The van der Waals surface area contributed by atoms with E-state index in [4.69, 9.17) is 0 Å². The second kappa shape index (κ2) is 7.05. The highest BCUT2D eigenvalue weighted by Gasteiger charge is 2.22. The first-order valence-corrected chi connectivity index (χ1v) is 8.22. The molecule has 1 aromatic heterocycles. The molecule has 0 spiro atoms. The van der Waals surface area contributed by atoms with E-state index >= 15 is 0 Å². The highest BCUT2D eigenvalue weighted by atomic mass is 79.9. The van der Waals surface area contributed by atoms with Crippen molar-refractivity contribution in [2.45, 2.75) is 13.0 Å². The molecule has 21 heavy (non-hydrogen) atoms. The normalized spacial score (nSPS) is 18.1. The van der Waals surface area contributed by atoms with E-state index in [-0.39, 0.29) is 0 Å². The van der Waals surface area contributed by atoms with E-state index in [2.05, 4.69) is 61.5 Å². The van der Waals surface area contributed by atoms with Gasteiger partial charge >= 0.3 is 0 Å². The molecule has 1 aliphatic heterocycles. The first kappa shape index (κ1) is 14.5. The van der Waals surface area contributed by atoms with Gasteiger partial charge in [-0.1, -0.05) is 22.0 Å². The largest absolute Gasteiger partial charge is 0.371 e. The van der Waals surface area contributed by atoms with Crippen LogP contribution >= 0.6 is 15.9 Å². The molecular formula is C17H20BrN3. The summed E-state index contributed by atoms with van der Waals surface area (Å²) in [4.78, 5) is 6.81. The van der Waals surface area contributed by atoms with Crippen molar-refractivity contribution in [2.24, 2.45) is 5.92 Å². The van der Waals surface area contributed by atoms with Gasteiger partial charge in [-0.15, -0.1) is 0 Å². The molecule has 0 bridgehead atoms. The summed E-state index contributed by atoms with van der Waals surface area (Å²) >= 11 is 3.49. The Hall–Kier alpha value is -1.39. The van der Waals surface area contributed by atoms with Crippen LogP contribution < -0.4 is 10.2 Å². The number of benzene rings is 1. The minimum atomic E-state index is 0.720. The topological polar surface area (TPSA) is 28.2 Å². The van der Waals surface area contributed by atoms with Gasteiger partial charge in [-0.25, -0.2) is 0 Å². The Kier molecular flexibility index (Phi) is 4.88. The monoisotopic (exact) mass is 345 g/mol. The van der Waals surface area contributed by atoms with Crippen LogP contribution in [0.2, 0.25) is 0 Å². The van der Waals surface area contributed by atoms with Crippen molar-refractivity contribution >= 4 is 21.6 Å². The number of rotatable bonds is 5. The predicted octanol–water partition coefficient (Wildman–Crippen LogP) is 3.46. The van der Waals surface area contributed by atoms with E-state index in [1.54, 1.807) is 0 Å². The first-order chi connectivity index (χ1) is 10.3. The van der Waals surface area contributed by atoms with E-state index in [9.17, 15) is 0 Å². The Labute approximate surface area is 134 Å². The fourth-order valence-corrected chi connectivity index (χ4v) is 3.06. The average molecular weight is 346 g/mol. The summed E-state index contributed by atoms with van der Waals surface area (Å²) in [6.45, 7) is 4.20. The Balaban J connectivity index is 1.45. The second-order valence-corrected chi connectivity index (χ2v) is 6.44. The summed E-state index contributed by atoms with van der Waals surface area (Å²) in [6, 6.07) is 14.7. The third kappa shape index (κ3) is 4.05. The summed E-state index contributed by atoms with van der Waals surface area (Å²) in [5, 5.41) is 3.53. The zero-order valence-corrected chi connectivity index (χ0v) is 13.6. The van der Waals surface area contributed by atoms with Gasteiger partial charge in [-0.05, 0) is 48.7 Å². The standard InChI is InChI=1S/C17H20BrN3/c18-15-4-6-17(7-5-15)21-10-8-14(13-21)11-19-12-16-3-1-2-9-20-16/h1-7,9,14,19H,8,10-13H2. The van der Waals surface area contributed by atoms with Gasteiger partial charge in [0.15, 0.2) is 0 Å². The number of anilines is 1. The molecule has 0 aliphatic carbocycles. The molecule has 2 aromatic rings. The molecule has 3 nitrogen and oxygen atoms in total. The van der Waals surface area contributed by atoms with E-state index in [1.807, 2.05) is 18.3 Å². The smallest absolute Gasteiger partial charge is 0.0541 e. The predicted molar refractivity (Wildman–Crippen MR) is 90.4 cm³/mol. The number of hydrogen-bond donors (Lipinski definition) is 1. The van der Waals surface area contributed by atoms with E-state index in [0.717, 1.165) is 42.3 Å². The third-order valence-corrected chi connectivity index (χ3v) is 4.47. The zero-order chi connectivity index (χ0) is 14.5. The van der Waals surface area contributed by atoms with Crippen LogP contribution in [0.25, 0.3) is 0 Å². The Morgan fingerprint density at radius 1 is 1.19 bits per heavy atom. The van der Waals surface area contributed by atoms with Crippen molar-refractivity contribution in [1.29, 1.82) is 0 Å². The molecule has 0 saturated carbocycles. The molecular weight excluding hydrogens is 326 g/mol. The SMILES string of the molecule is Brc1ccc(N2CCC(CNCc3ccccn3)C2)cc1. The van der Waals surface area contributed by atoms with E-state index in [1.165, 1.54) is 12.1 Å². The van der Waals surface area contributed by atoms with Gasteiger partial charge in [0.25, 0.3) is 0 Å². The number of hydrogen-bond acceptors (Lipinski definition) is 3. The van der Waals surface area contributed by atoms with Gasteiger partial charge in [0, 0.05) is 42.5 Å². The molecule has 110 valence electrons. The van der Waals surface area contributed by atoms with E-state index in [0.29, 0.717) is 0 Å². The van der Waals surface area contributed by atoms with Crippen molar-refractivity contribution in [1.82, 2.24) is 10.3 Å². The van der Waals surface area contributed by atoms with Crippen LogP contribution in [0.15, 0.2) is 53.1 Å². The van der Waals surface area contributed by atoms with Crippen molar-refractivity contribution in [2.75, 3.05) is 24.5 Å². The molecule has 1 aliphatic rings. The lowest BCUT2D eigenvalue weighted by Gasteiger charge is -2.19. The summed E-state index contributed by atoms with van der Waals surface area (Å²) in [5.74, 6) is 0.720. The van der Waals surface area contributed by atoms with Crippen LogP contribution in [0.3, 0.4) is 0 Å². The number of nitrogens with zero attached hydrogens (tertiary/aromatic N) is 2. The summed E-state index contributed by atoms with van der Waals surface area (Å²) in [7, 11) is 0. The summed E-state index contributed by atoms with van der Waals surface area (Å²) < 4.78 is 1.14. The maximum atomic E-state index is 4.34. The van der Waals surface area contributed by atoms with Gasteiger partial charge in [0.1, 0.15) is 0 Å². The lowest BCUT2D eigenvalue weighted by atomic mass is 10.1. The summed E-state index contributed by atoms with van der Waals surface area (Å²) in [6.07, 6.45) is 3.10. The van der Waals surface area contributed by atoms with Gasteiger partial charge in [-0.2, -0.15) is 0 Å². The number of nitrogens with one attached hydrogen (secondary N) is 1. The maximum absolute atomic E-state index is 4.34. The Morgan fingerprint density at radius 2 is 2.05 bits per heavy atom. The average Bonchev–Trinajstić information content (AvgIpc) is 2.98. The maximum Gasteiger partial charge on any atom is 0.0541 e. The lowest BCUT2D eigenvalue weighted by Crippen LogP contribution is -2.26. The number of halogens is 1. The molecule has 1 unspecified atom stereocenters. The van der Waals surface area contributed by atoms with Crippen LogP contribution in [0.1, 0.15) is 12.1 Å². The van der Waals surface area contributed by atoms with Crippen LogP contribution in [-0.2, 0) is 6.54 Å². The van der Waals surface area contributed by atoms with Gasteiger partial charge in [0.05, 0.1) is 5.69 Å². The fourth-order valence-electron chi connectivity index (χ4n) is 2.79. The molecule has 1 aromatic carbocycles. The third-order valence-electron chi connectivity index (χ3n) is 3.94. The van der Waals surface area contributed by atoms with Crippen LogP contribution in [0.4, 0.5) is 5.69 Å². The van der Waals surface area contributed by atoms with Gasteiger partial charge < -0.3 is 10.2 Å². The number of aromatic nitrogens is 1. The molecule has 4 heteroatoms. The molecule has 1 N–H and O–H groups in total. The molecule has 1 atom stereocenters. The molecule has 2 heterocycles. The minimum Gasteiger partial charge on any atom is -0.371 e. The fraction of sp³-hybridized carbons (Fsp3) is 0.353. The highest BCUT2D eigenvalue weighted by molar-refractivity contribution is 9.10. The molecule has 0 amide bonds. The lowest BCUT2D eigenvalue weighted by molar-refractivity contribution is 0.514. The van der Waals surface area contributed by atoms with Crippen molar-refractivity contribution in [3.8, 4) is 0 Å². The number of pyridine rings is 1. The van der Waals surface area contributed by atoms with Crippen LogP contribution in [0, 0.1) is 5.92 Å². The van der Waals surface area contributed by atoms with Crippen LogP contribution in [0.5, 0.6) is 0 Å². The Bertz CT molecular complexity index is 556. The van der Waals surface area contributed by atoms with Gasteiger partial charge in [0.2, 0.25) is 0 Å². The van der Waals surface area contributed by atoms with Crippen molar-refractivity contribution in [3.05, 3.63) is 58.8 Å². The highest BCUT2D eigenvalue weighted by Crippen LogP contribution is 2.24. The molecule has 1 fully saturated rings. The molecule has 3 rings (SSSR count). The van der Waals surface area contributed by atoms with E-state index < -0.39 is 0 Å². The first-order valence-electron chi connectivity index (χ1n) is 7.42. The summed E-state index contributed by atoms with van der Waals surface area (Å²) in [5.41, 5.74) is 2.44.